The first-order valence-electron chi connectivity index (χ1n) is 11.1. The highest BCUT2D eigenvalue weighted by atomic mass is 17.3. The fraction of sp³-hybridized carbons (Fsp3) is 0.909. The Balaban J connectivity index is 4.51. The zero-order valence-corrected chi connectivity index (χ0v) is 20.9. The van der Waals surface area contributed by atoms with Gasteiger partial charge in [0.15, 0.2) is 0 Å². The number of hydrogen-bond donors (Lipinski definition) is 2. The summed E-state index contributed by atoms with van der Waals surface area (Å²) in [6.07, 6.45) is 3.57. The van der Waals surface area contributed by atoms with Crippen LogP contribution < -0.4 is 10.9 Å². The molecule has 0 aromatic carbocycles. The van der Waals surface area contributed by atoms with E-state index in [1.165, 1.54) is 0 Å². The lowest BCUT2D eigenvalue weighted by Gasteiger charge is -2.32. The molecule has 0 saturated carbocycles. The topological polar surface area (TPSA) is 104 Å². The second kappa shape index (κ2) is 13.9. The number of rotatable bonds is 13. The molecule has 0 saturated heterocycles. The molecule has 0 spiro atoms. The molecule has 1 atom stereocenters. The minimum atomic E-state index is -1.33. The van der Waals surface area contributed by atoms with Crippen LogP contribution in [0.3, 0.4) is 0 Å². The van der Waals surface area contributed by atoms with Crippen LogP contribution in [0.1, 0.15) is 101 Å². The molecule has 0 aromatic heterocycles. The molecule has 0 aromatic rings. The van der Waals surface area contributed by atoms with E-state index in [1.807, 2.05) is 41.5 Å². The smallest absolute Gasteiger partial charge is 0.426 e. The van der Waals surface area contributed by atoms with Crippen LogP contribution >= 0.6 is 0 Å². The molecule has 0 fully saturated rings. The maximum atomic E-state index is 12.2. The number of hydrogen-bond acceptors (Lipinski definition) is 7. The van der Waals surface area contributed by atoms with E-state index in [4.69, 9.17) is 24.3 Å². The van der Waals surface area contributed by atoms with Gasteiger partial charge < -0.3 is 4.74 Å². The molecule has 0 aliphatic carbocycles. The summed E-state index contributed by atoms with van der Waals surface area (Å²) < 4.78 is 5.19. The molecule has 0 heterocycles. The van der Waals surface area contributed by atoms with E-state index in [9.17, 15) is 9.59 Å². The molecule has 184 valence electrons. The van der Waals surface area contributed by atoms with Crippen LogP contribution in [0.4, 0.5) is 4.79 Å². The predicted octanol–water partition coefficient (Wildman–Crippen LogP) is 4.95. The standard InChI is InChI=1S/C22H44N2O7/c1-10-12-13-17(11-2)16-27-19(26)24-23-18(25)14-15-22(9,30-28-20(3,4)5)31-29-21(6,7)8/h17H,10-16H2,1-9H3,(H,23,25)(H,24,26). The van der Waals surface area contributed by atoms with E-state index in [2.05, 4.69) is 24.7 Å². The molecular formula is C22H44N2O7. The summed E-state index contributed by atoms with van der Waals surface area (Å²) in [5.41, 5.74) is 3.44. The Morgan fingerprint density at radius 3 is 1.84 bits per heavy atom. The van der Waals surface area contributed by atoms with Gasteiger partial charge in [-0.05, 0) is 60.8 Å². The normalized spacial score (nSPS) is 13.6. The number of hydrazine groups is 1. The summed E-state index contributed by atoms with van der Waals surface area (Å²) in [4.78, 5) is 45.6. The fourth-order valence-electron chi connectivity index (χ4n) is 2.18. The van der Waals surface area contributed by atoms with Gasteiger partial charge >= 0.3 is 6.09 Å². The van der Waals surface area contributed by atoms with Crippen LogP contribution in [0.25, 0.3) is 0 Å². The Hall–Kier alpha value is -1.42. The summed E-state index contributed by atoms with van der Waals surface area (Å²) in [5.74, 6) is -1.44. The zero-order chi connectivity index (χ0) is 24.1. The molecule has 2 N–H and O–H groups in total. The van der Waals surface area contributed by atoms with Crippen molar-refractivity contribution in [2.24, 2.45) is 5.92 Å². The van der Waals surface area contributed by atoms with Crippen molar-refractivity contribution in [3.05, 3.63) is 0 Å². The number of unbranched alkanes of at least 4 members (excludes halogenated alkanes) is 1. The van der Waals surface area contributed by atoms with Crippen molar-refractivity contribution in [3.63, 3.8) is 0 Å². The lowest BCUT2D eigenvalue weighted by atomic mass is 10.0. The van der Waals surface area contributed by atoms with Crippen LogP contribution in [0.5, 0.6) is 0 Å². The lowest BCUT2D eigenvalue weighted by Crippen LogP contribution is -2.44. The highest BCUT2D eigenvalue weighted by molar-refractivity contribution is 5.78. The van der Waals surface area contributed by atoms with E-state index in [0.29, 0.717) is 12.5 Å². The van der Waals surface area contributed by atoms with Gasteiger partial charge in [0.05, 0.1) is 17.8 Å². The highest BCUT2D eigenvalue weighted by Crippen LogP contribution is 2.25. The first-order chi connectivity index (χ1) is 14.2. The van der Waals surface area contributed by atoms with Crippen molar-refractivity contribution < 1.29 is 33.9 Å². The van der Waals surface area contributed by atoms with Gasteiger partial charge in [-0.25, -0.2) is 20.0 Å². The van der Waals surface area contributed by atoms with E-state index in [1.54, 1.807) is 6.92 Å². The molecule has 0 radical (unpaired) electrons. The van der Waals surface area contributed by atoms with Gasteiger partial charge in [0, 0.05) is 12.8 Å². The number of amides is 2. The summed E-state index contributed by atoms with van der Waals surface area (Å²) in [6.45, 7) is 17.1. The van der Waals surface area contributed by atoms with Gasteiger partial charge in [0.2, 0.25) is 11.7 Å². The van der Waals surface area contributed by atoms with E-state index < -0.39 is 29.0 Å². The van der Waals surface area contributed by atoms with E-state index >= 15 is 0 Å². The third-order valence-corrected chi connectivity index (χ3v) is 4.04. The Morgan fingerprint density at radius 2 is 1.39 bits per heavy atom. The highest BCUT2D eigenvalue weighted by Gasteiger charge is 2.34. The molecule has 0 bridgehead atoms. The summed E-state index contributed by atoms with van der Waals surface area (Å²) in [5, 5.41) is 0. The quantitative estimate of drug-likeness (QED) is 0.233. The minimum absolute atomic E-state index is 0.00806. The van der Waals surface area contributed by atoms with Crippen molar-refractivity contribution in [1.82, 2.24) is 10.9 Å². The summed E-state index contributed by atoms with van der Waals surface area (Å²) >= 11 is 0. The van der Waals surface area contributed by atoms with Crippen LogP contribution in [0, 0.1) is 5.92 Å². The fourth-order valence-corrected chi connectivity index (χ4v) is 2.18. The minimum Gasteiger partial charge on any atom is -0.448 e. The Kier molecular flexibility index (Phi) is 13.2. The molecule has 31 heavy (non-hydrogen) atoms. The van der Waals surface area contributed by atoms with Crippen molar-refractivity contribution >= 4 is 12.0 Å². The van der Waals surface area contributed by atoms with Crippen molar-refractivity contribution in [3.8, 4) is 0 Å². The Bertz CT molecular complexity index is 509. The van der Waals surface area contributed by atoms with E-state index in [-0.39, 0.29) is 12.8 Å². The first kappa shape index (κ1) is 29.6. The zero-order valence-electron chi connectivity index (χ0n) is 20.9. The van der Waals surface area contributed by atoms with Gasteiger partial charge in [-0.3, -0.25) is 10.2 Å². The van der Waals surface area contributed by atoms with Gasteiger partial charge in [0.25, 0.3) is 0 Å². The molecule has 0 aliphatic heterocycles. The predicted molar refractivity (Wildman–Crippen MR) is 117 cm³/mol. The summed E-state index contributed by atoms with van der Waals surface area (Å²) in [7, 11) is 0. The second-order valence-electron chi connectivity index (χ2n) is 9.88. The number of nitrogens with one attached hydrogen (secondary N) is 2. The van der Waals surface area contributed by atoms with Gasteiger partial charge in [-0.2, -0.15) is 9.78 Å². The number of ether oxygens (including phenoxy) is 1. The summed E-state index contributed by atoms with van der Waals surface area (Å²) in [6, 6.07) is 0. The molecular weight excluding hydrogens is 404 g/mol. The number of carbonyl (C=O) groups is 2. The van der Waals surface area contributed by atoms with Crippen LogP contribution in [0.15, 0.2) is 0 Å². The van der Waals surface area contributed by atoms with Gasteiger partial charge in [-0.15, -0.1) is 0 Å². The third kappa shape index (κ3) is 16.9. The van der Waals surface area contributed by atoms with Crippen LogP contribution in [-0.4, -0.2) is 35.6 Å². The van der Waals surface area contributed by atoms with Crippen LogP contribution in [0.2, 0.25) is 0 Å². The second-order valence-corrected chi connectivity index (χ2v) is 9.88. The van der Waals surface area contributed by atoms with Crippen LogP contribution in [-0.2, 0) is 29.1 Å². The monoisotopic (exact) mass is 448 g/mol. The molecule has 9 heteroatoms. The Morgan fingerprint density at radius 1 is 0.839 bits per heavy atom. The lowest BCUT2D eigenvalue weighted by molar-refractivity contribution is -0.537. The average Bonchev–Trinajstić information content (AvgIpc) is 2.67. The molecule has 2 amide bonds. The van der Waals surface area contributed by atoms with Gasteiger partial charge in [-0.1, -0.05) is 33.1 Å². The maximum Gasteiger partial charge on any atom is 0.426 e. The third-order valence-electron chi connectivity index (χ3n) is 4.04. The van der Waals surface area contributed by atoms with Crippen molar-refractivity contribution in [2.45, 2.75) is 118 Å². The number of carbonyl (C=O) groups excluding carboxylic acids is 2. The molecule has 9 nitrogen and oxygen atoms in total. The van der Waals surface area contributed by atoms with Gasteiger partial charge in [0.1, 0.15) is 0 Å². The van der Waals surface area contributed by atoms with Crippen molar-refractivity contribution in [1.29, 1.82) is 0 Å². The average molecular weight is 449 g/mol. The first-order valence-corrected chi connectivity index (χ1v) is 11.1. The van der Waals surface area contributed by atoms with E-state index in [0.717, 1.165) is 25.7 Å². The SMILES string of the molecule is CCCCC(CC)COC(=O)NNC(=O)CCC(C)(OOC(C)(C)C)OOC(C)(C)C. The molecule has 0 aliphatic rings. The largest absolute Gasteiger partial charge is 0.448 e. The Labute approximate surface area is 187 Å². The van der Waals surface area contributed by atoms with Crippen molar-refractivity contribution in [2.75, 3.05) is 6.61 Å². The molecule has 0 rings (SSSR count). The molecule has 1 unspecified atom stereocenters. The maximum absolute atomic E-state index is 12.2.